The van der Waals surface area contributed by atoms with Crippen LogP contribution in [0.25, 0.3) is 49.7 Å². The first-order valence-electron chi connectivity index (χ1n) is 23.3. The molecule has 6 aromatic carbocycles. The van der Waals surface area contributed by atoms with E-state index in [4.69, 9.17) is 11.5 Å². The lowest BCUT2D eigenvalue weighted by Crippen LogP contribution is -2.20. The highest BCUT2D eigenvalue weighted by Crippen LogP contribution is 2.55. The van der Waals surface area contributed by atoms with Gasteiger partial charge in [0.2, 0.25) is 0 Å². The fourth-order valence-corrected chi connectivity index (χ4v) is 9.66. The summed E-state index contributed by atoms with van der Waals surface area (Å²) >= 11 is 0. The number of anilines is 4. The van der Waals surface area contributed by atoms with E-state index >= 15 is 0 Å². The van der Waals surface area contributed by atoms with Crippen LogP contribution in [0.4, 0.5) is 22.7 Å². The lowest BCUT2D eigenvalue weighted by atomic mass is 9.77. The maximum absolute atomic E-state index is 7.90. The first-order chi connectivity index (χ1) is 30.1. The van der Waals surface area contributed by atoms with Gasteiger partial charge in [-0.1, -0.05) is 193 Å². The van der Waals surface area contributed by atoms with Crippen molar-refractivity contribution in [2.75, 3.05) is 16.4 Å². The van der Waals surface area contributed by atoms with Gasteiger partial charge in [0.25, 0.3) is 0 Å². The van der Waals surface area contributed by atoms with Crippen molar-refractivity contribution in [2.45, 2.75) is 125 Å². The molecule has 4 N–H and O–H groups in total. The lowest BCUT2D eigenvalue weighted by Gasteiger charge is -2.35. The van der Waals surface area contributed by atoms with E-state index < -0.39 is 0 Å². The maximum Gasteiger partial charge on any atom is 0.0938 e. The molecule has 8 rings (SSSR count). The zero-order chi connectivity index (χ0) is 46.1. The van der Waals surface area contributed by atoms with Gasteiger partial charge in [0.05, 0.1) is 33.8 Å². The molecule has 330 valence electrons. The summed E-state index contributed by atoms with van der Waals surface area (Å²) in [7, 11) is 0. The summed E-state index contributed by atoms with van der Waals surface area (Å²) in [4.78, 5) is 2.41. The summed E-state index contributed by atoms with van der Waals surface area (Å²) in [6.07, 6.45) is 8.81. The molecule has 1 unspecified atom stereocenters. The monoisotopic (exact) mass is 847 g/mol. The van der Waals surface area contributed by atoms with Gasteiger partial charge in [-0.15, -0.1) is 0 Å². The van der Waals surface area contributed by atoms with Crippen molar-refractivity contribution in [3.63, 3.8) is 0 Å². The number of allylic oxidation sites excluding steroid dienone is 3. The predicted molar refractivity (Wildman–Crippen MR) is 279 cm³/mol. The molecule has 1 aliphatic heterocycles. The van der Waals surface area contributed by atoms with Crippen molar-refractivity contribution in [3.05, 3.63) is 161 Å². The van der Waals surface area contributed by atoms with Crippen LogP contribution in [0.2, 0.25) is 0 Å². The number of nitrogens with zero attached hydrogens (tertiary/aromatic N) is 2. The molecule has 4 nitrogen and oxygen atoms in total. The van der Waals surface area contributed by atoms with Crippen molar-refractivity contribution in [1.82, 2.24) is 4.57 Å². The highest BCUT2D eigenvalue weighted by molar-refractivity contribution is 6.14. The first-order valence-corrected chi connectivity index (χ1v) is 23.3. The van der Waals surface area contributed by atoms with Gasteiger partial charge in [-0.2, -0.15) is 0 Å². The largest absolute Gasteiger partial charge is 0.396 e. The third kappa shape index (κ3) is 8.17. The number of benzene rings is 6. The second kappa shape index (κ2) is 16.2. The maximum atomic E-state index is 7.90. The average Bonchev–Trinajstić information content (AvgIpc) is 3.55. The number of aromatic nitrogens is 1. The summed E-state index contributed by atoms with van der Waals surface area (Å²) in [6.45, 7) is 30.1. The van der Waals surface area contributed by atoms with Crippen LogP contribution < -0.4 is 16.4 Å². The molecule has 4 heteroatoms. The molecule has 0 radical (unpaired) electrons. The summed E-state index contributed by atoms with van der Waals surface area (Å²) < 4.78 is 2.35. The molecule has 0 aliphatic carbocycles. The summed E-state index contributed by atoms with van der Waals surface area (Å²) in [5.74, 6) is 0.236. The van der Waals surface area contributed by atoms with E-state index in [0.717, 1.165) is 63.2 Å². The van der Waals surface area contributed by atoms with Crippen LogP contribution in [0, 0.1) is 5.41 Å². The number of fused-ring (bicyclic) bond motifs is 4. The second-order valence-electron chi connectivity index (χ2n) is 22.4. The lowest BCUT2D eigenvalue weighted by molar-refractivity contribution is 0.467. The van der Waals surface area contributed by atoms with E-state index in [2.05, 4.69) is 233 Å². The van der Waals surface area contributed by atoms with Crippen LogP contribution in [-0.4, -0.2) is 4.57 Å². The van der Waals surface area contributed by atoms with Gasteiger partial charge >= 0.3 is 0 Å². The highest BCUT2D eigenvalue weighted by atomic mass is 15.1. The minimum absolute atomic E-state index is 0.0298. The van der Waals surface area contributed by atoms with Crippen molar-refractivity contribution in [2.24, 2.45) is 5.41 Å². The standard InChI is InChI=1S/C60H70N4/c1-38-34-41(57(2,3)4)26-20-21-33-63(48-30-27-42(35-45(38)48)58(5,6)7)55-51(39-22-16-14-17-23-39)53(61)56(54(62)52(55)40-24-18-15-19-25-40)64-49-31-28-43(59(8,9)10)36-46(49)47-37-44(60(11,12)13)29-32-50(47)64/h14-19,21-33,35-38H,20,34,61-62H2,1-13H3/b33-21?,41-26+. The third-order valence-electron chi connectivity index (χ3n) is 13.5. The van der Waals surface area contributed by atoms with Crippen LogP contribution in [-0.2, 0) is 16.2 Å². The Hall–Kier alpha value is -6.00. The van der Waals surface area contributed by atoms with Crippen LogP contribution in [0.3, 0.4) is 0 Å². The number of rotatable bonds is 4. The van der Waals surface area contributed by atoms with E-state index in [-0.39, 0.29) is 27.6 Å². The SMILES string of the molecule is CC1C/C(C(C)(C)C)=C\CC=CN(c2c(-c3ccccc3)c(N)c(-n3c4ccc(C(C)(C)C)cc4c4cc(C(C)(C)C)ccc43)c(N)c2-c2ccccc2)c2ccc(C(C)(C)C)cc21. The van der Waals surface area contributed by atoms with Gasteiger partial charge in [0.15, 0.2) is 0 Å². The van der Waals surface area contributed by atoms with Crippen LogP contribution in [0.15, 0.2) is 139 Å². The molecule has 0 saturated heterocycles. The molecule has 0 amide bonds. The quantitative estimate of drug-likeness (QED) is 0.137. The minimum atomic E-state index is -0.0338. The first kappa shape index (κ1) is 44.6. The molecular formula is C60H70N4. The van der Waals surface area contributed by atoms with E-state index in [9.17, 15) is 0 Å². The van der Waals surface area contributed by atoms with Gasteiger partial charge in [-0.25, -0.2) is 0 Å². The molecule has 0 fully saturated rings. The van der Waals surface area contributed by atoms with Crippen molar-refractivity contribution in [3.8, 4) is 27.9 Å². The highest BCUT2D eigenvalue weighted by Gasteiger charge is 2.33. The second-order valence-corrected chi connectivity index (χ2v) is 22.4. The molecule has 1 atom stereocenters. The number of nitrogens with two attached hydrogens (primary N) is 2. The molecule has 64 heavy (non-hydrogen) atoms. The Labute approximate surface area is 383 Å². The molecule has 1 aliphatic rings. The van der Waals surface area contributed by atoms with Gasteiger partial charge in [0, 0.05) is 33.8 Å². The van der Waals surface area contributed by atoms with Gasteiger partial charge in [-0.05, 0) is 104 Å². The number of nitrogen functional groups attached to an aromatic ring is 2. The number of hydrogen-bond donors (Lipinski definition) is 2. The molecule has 7 aromatic rings. The summed E-state index contributed by atoms with van der Waals surface area (Å²) in [5, 5.41) is 2.39. The smallest absolute Gasteiger partial charge is 0.0938 e. The fourth-order valence-electron chi connectivity index (χ4n) is 9.66. The zero-order valence-corrected chi connectivity index (χ0v) is 40.7. The predicted octanol–water partition coefficient (Wildman–Crippen LogP) is 16.7. The van der Waals surface area contributed by atoms with Gasteiger partial charge in [-0.3, -0.25) is 0 Å². The number of hydrogen-bond acceptors (Lipinski definition) is 3. The molecule has 1 aromatic heterocycles. The van der Waals surface area contributed by atoms with Crippen molar-refractivity contribution < 1.29 is 0 Å². The molecule has 0 bridgehead atoms. The van der Waals surface area contributed by atoms with E-state index in [0.29, 0.717) is 11.4 Å². The average molecular weight is 847 g/mol. The normalized spacial score (nSPS) is 16.2. The minimum Gasteiger partial charge on any atom is -0.396 e. The van der Waals surface area contributed by atoms with E-state index in [1.54, 1.807) is 0 Å². The van der Waals surface area contributed by atoms with Crippen LogP contribution >= 0.6 is 0 Å². The van der Waals surface area contributed by atoms with Gasteiger partial charge in [0.1, 0.15) is 0 Å². The van der Waals surface area contributed by atoms with E-state index in [1.807, 2.05) is 0 Å². The van der Waals surface area contributed by atoms with E-state index in [1.165, 1.54) is 38.6 Å². The zero-order valence-electron chi connectivity index (χ0n) is 40.7. The van der Waals surface area contributed by atoms with Crippen molar-refractivity contribution in [1.29, 1.82) is 0 Å². The Morgan fingerprint density at radius 3 is 1.42 bits per heavy atom. The Kier molecular flexibility index (Phi) is 11.3. The topological polar surface area (TPSA) is 60.2 Å². The van der Waals surface area contributed by atoms with Crippen LogP contribution in [0.1, 0.15) is 131 Å². The van der Waals surface area contributed by atoms with Crippen molar-refractivity contribution >= 4 is 44.6 Å². The molecular weight excluding hydrogens is 777 g/mol. The molecule has 0 spiro atoms. The molecule has 2 heterocycles. The third-order valence-corrected chi connectivity index (χ3v) is 13.5. The molecule has 0 saturated carbocycles. The Morgan fingerprint density at radius 1 is 0.516 bits per heavy atom. The summed E-state index contributed by atoms with van der Waals surface area (Å²) in [6, 6.07) is 42.4. The van der Waals surface area contributed by atoms with Crippen LogP contribution in [0.5, 0.6) is 0 Å². The Balaban J connectivity index is 1.55. The fraction of sp³-hybridized carbons (Fsp3) is 0.333. The Bertz CT molecular complexity index is 2790. The van der Waals surface area contributed by atoms with Gasteiger partial charge < -0.3 is 20.9 Å². The summed E-state index contributed by atoms with van der Waals surface area (Å²) in [5.41, 5.74) is 32.7. The Morgan fingerprint density at radius 2 is 0.969 bits per heavy atom.